The number of piperidine rings is 1. The number of nitrogens with zero attached hydrogens (tertiary/aromatic N) is 4. The van der Waals surface area contributed by atoms with E-state index in [0.29, 0.717) is 0 Å². The molecule has 1 aliphatic heterocycles. The molecule has 2 aromatic heterocycles. The minimum atomic E-state index is -0.333. The number of aryl methyl sites for hydroxylation is 1. The Hall–Kier alpha value is -2.54. The highest BCUT2D eigenvalue weighted by Crippen LogP contribution is 2.37. The van der Waals surface area contributed by atoms with Crippen molar-refractivity contribution in [3.8, 4) is 11.4 Å². The number of hydrogen-bond donors (Lipinski definition) is 0. The molecule has 1 fully saturated rings. The number of thioether (sulfide) groups is 1. The molecule has 3 aromatic rings. The molecule has 28 heavy (non-hydrogen) atoms. The van der Waals surface area contributed by atoms with Gasteiger partial charge in [0.25, 0.3) is 0 Å². The number of benzene rings is 1. The van der Waals surface area contributed by atoms with E-state index in [2.05, 4.69) is 10.2 Å². The van der Waals surface area contributed by atoms with Gasteiger partial charge in [-0.3, -0.25) is 4.79 Å². The van der Waals surface area contributed by atoms with Crippen molar-refractivity contribution in [3.63, 3.8) is 0 Å². The first-order valence-corrected chi connectivity index (χ1v) is 10.5. The van der Waals surface area contributed by atoms with Crippen LogP contribution in [-0.2, 0) is 11.8 Å². The third-order valence-electron chi connectivity index (χ3n) is 5.15. The first kappa shape index (κ1) is 18.8. The van der Waals surface area contributed by atoms with Gasteiger partial charge in [0, 0.05) is 20.1 Å². The number of furan rings is 1. The van der Waals surface area contributed by atoms with Crippen LogP contribution in [-0.4, -0.2) is 38.7 Å². The zero-order chi connectivity index (χ0) is 19.5. The molecule has 0 aliphatic carbocycles. The number of hydrogen-bond acceptors (Lipinski definition) is 5. The Kier molecular flexibility index (Phi) is 5.52. The molecule has 0 radical (unpaired) electrons. The van der Waals surface area contributed by atoms with Crippen LogP contribution in [0.2, 0.25) is 0 Å². The van der Waals surface area contributed by atoms with Crippen LogP contribution in [0.15, 0.2) is 52.2 Å². The normalized spacial score (nSPS) is 15.6. The van der Waals surface area contributed by atoms with Gasteiger partial charge in [-0.15, -0.1) is 10.2 Å². The Balaban J connectivity index is 1.64. The maximum atomic E-state index is 13.3. The van der Waals surface area contributed by atoms with Crippen molar-refractivity contribution in [2.75, 3.05) is 13.1 Å². The summed E-state index contributed by atoms with van der Waals surface area (Å²) >= 11 is 1.46. The van der Waals surface area contributed by atoms with Crippen molar-refractivity contribution in [2.24, 2.45) is 7.05 Å². The van der Waals surface area contributed by atoms with Gasteiger partial charge in [0.05, 0.1) is 11.8 Å². The molecule has 0 N–H and O–H groups in total. The summed E-state index contributed by atoms with van der Waals surface area (Å²) in [6.45, 7) is 3.57. The zero-order valence-corrected chi connectivity index (χ0v) is 17.0. The van der Waals surface area contributed by atoms with Gasteiger partial charge in [-0.05, 0) is 37.8 Å². The summed E-state index contributed by atoms with van der Waals surface area (Å²) in [4.78, 5) is 15.3. The lowest BCUT2D eigenvalue weighted by Crippen LogP contribution is -2.38. The van der Waals surface area contributed by atoms with Crippen molar-refractivity contribution in [1.29, 1.82) is 0 Å². The lowest BCUT2D eigenvalue weighted by molar-refractivity contribution is -0.131. The van der Waals surface area contributed by atoms with Gasteiger partial charge in [0.1, 0.15) is 11.0 Å². The molecule has 6 nitrogen and oxygen atoms in total. The van der Waals surface area contributed by atoms with Gasteiger partial charge in [-0.25, -0.2) is 0 Å². The highest BCUT2D eigenvalue weighted by molar-refractivity contribution is 8.00. The third-order valence-corrected chi connectivity index (χ3v) is 6.43. The molecule has 1 saturated heterocycles. The molecule has 1 amide bonds. The monoisotopic (exact) mass is 396 g/mol. The second kappa shape index (κ2) is 8.22. The van der Waals surface area contributed by atoms with Gasteiger partial charge in [-0.1, -0.05) is 42.1 Å². The fourth-order valence-corrected chi connectivity index (χ4v) is 4.63. The Bertz CT molecular complexity index is 944. The van der Waals surface area contributed by atoms with Crippen molar-refractivity contribution in [1.82, 2.24) is 19.7 Å². The summed E-state index contributed by atoms with van der Waals surface area (Å²) in [7, 11) is 1.93. The van der Waals surface area contributed by atoms with Crippen LogP contribution in [0.3, 0.4) is 0 Å². The van der Waals surface area contributed by atoms with E-state index >= 15 is 0 Å². The second-order valence-electron chi connectivity index (χ2n) is 7.05. The van der Waals surface area contributed by atoms with E-state index in [4.69, 9.17) is 4.42 Å². The predicted octanol–water partition coefficient (Wildman–Crippen LogP) is 4.23. The van der Waals surface area contributed by atoms with E-state index < -0.39 is 0 Å². The summed E-state index contributed by atoms with van der Waals surface area (Å²) in [5, 5.41) is 9.10. The average molecular weight is 397 g/mol. The Morgan fingerprint density at radius 2 is 1.86 bits per heavy atom. The number of carbonyl (C=O) groups excluding carboxylic acids is 1. The van der Waals surface area contributed by atoms with E-state index in [9.17, 15) is 4.79 Å². The maximum Gasteiger partial charge on any atom is 0.240 e. The summed E-state index contributed by atoms with van der Waals surface area (Å²) < 4.78 is 7.33. The van der Waals surface area contributed by atoms with Gasteiger partial charge in [0.15, 0.2) is 11.0 Å². The van der Waals surface area contributed by atoms with E-state index in [-0.39, 0.29) is 11.2 Å². The van der Waals surface area contributed by atoms with Crippen LogP contribution in [0.1, 0.15) is 35.8 Å². The molecule has 4 rings (SSSR count). The molecule has 3 heterocycles. The minimum Gasteiger partial charge on any atom is -0.469 e. The molecular formula is C21H24N4O2S. The third kappa shape index (κ3) is 3.71. The zero-order valence-electron chi connectivity index (χ0n) is 16.2. The largest absolute Gasteiger partial charge is 0.469 e. The van der Waals surface area contributed by atoms with Crippen molar-refractivity contribution >= 4 is 17.7 Å². The van der Waals surface area contributed by atoms with Gasteiger partial charge in [-0.2, -0.15) is 0 Å². The maximum absolute atomic E-state index is 13.3. The molecule has 1 atom stereocenters. The van der Waals surface area contributed by atoms with Crippen molar-refractivity contribution < 1.29 is 9.21 Å². The van der Waals surface area contributed by atoms with Gasteiger partial charge in [0.2, 0.25) is 5.91 Å². The molecule has 0 bridgehead atoms. The second-order valence-corrected chi connectivity index (χ2v) is 8.12. The van der Waals surface area contributed by atoms with Crippen LogP contribution in [0.4, 0.5) is 0 Å². The summed E-state index contributed by atoms with van der Waals surface area (Å²) in [5.41, 5.74) is 1.91. The average Bonchev–Trinajstić information content (AvgIpc) is 3.32. The Labute approximate surface area is 168 Å². The minimum absolute atomic E-state index is 0.153. The van der Waals surface area contributed by atoms with E-state index in [1.807, 2.05) is 59.8 Å². The van der Waals surface area contributed by atoms with Crippen molar-refractivity contribution in [3.05, 3.63) is 54.0 Å². The Morgan fingerprint density at radius 3 is 2.54 bits per heavy atom. The van der Waals surface area contributed by atoms with Crippen LogP contribution in [0, 0.1) is 6.92 Å². The number of likely N-dealkylation sites (tertiary alicyclic amines) is 1. The number of amides is 1. The van der Waals surface area contributed by atoms with Crippen molar-refractivity contribution in [2.45, 2.75) is 36.6 Å². The number of rotatable bonds is 5. The molecule has 1 aromatic carbocycles. The molecule has 1 aliphatic rings. The topological polar surface area (TPSA) is 64.2 Å². The first-order chi connectivity index (χ1) is 13.6. The van der Waals surface area contributed by atoms with E-state index in [0.717, 1.165) is 53.8 Å². The van der Waals surface area contributed by atoms with Crippen LogP contribution in [0.25, 0.3) is 11.4 Å². The van der Waals surface area contributed by atoms with Crippen LogP contribution >= 0.6 is 11.8 Å². The smallest absolute Gasteiger partial charge is 0.240 e. The fourth-order valence-electron chi connectivity index (χ4n) is 3.54. The summed E-state index contributed by atoms with van der Waals surface area (Å²) in [5.74, 6) is 1.70. The summed E-state index contributed by atoms with van der Waals surface area (Å²) in [6.07, 6.45) is 5.00. The van der Waals surface area contributed by atoms with Crippen LogP contribution in [0.5, 0.6) is 0 Å². The predicted molar refractivity (Wildman–Crippen MR) is 109 cm³/mol. The number of carbonyl (C=O) groups is 1. The van der Waals surface area contributed by atoms with E-state index in [1.165, 1.54) is 18.2 Å². The van der Waals surface area contributed by atoms with Gasteiger partial charge < -0.3 is 13.9 Å². The fraction of sp³-hybridized carbons (Fsp3) is 0.381. The molecule has 146 valence electrons. The highest BCUT2D eigenvalue weighted by atomic mass is 32.2. The molecular weight excluding hydrogens is 372 g/mol. The lowest BCUT2D eigenvalue weighted by atomic mass is 10.1. The highest BCUT2D eigenvalue weighted by Gasteiger charge is 2.30. The van der Waals surface area contributed by atoms with Gasteiger partial charge >= 0.3 is 0 Å². The van der Waals surface area contributed by atoms with Crippen LogP contribution < -0.4 is 0 Å². The number of aromatic nitrogens is 3. The quantitative estimate of drug-likeness (QED) is 0.604. The Morgan fingerprint density at radius 1 is 1.11 bits per heavy atom. The molecule has 0 spiro atoms. The standard InChI is InChI=1S/C21H24N4O2S/c1-15-17(11-14-27-15)19-22-23-21(24(19)2)28-18(16-9-5-3-6-10-16)20(26)25-12-7-4-8-13-25/h3,5-6,9-11,14,18H,4,7-8,12-13H2,1-2H3/t18-/m1/s1. The molecule has 0 saturated carbocycles. The first-order valence-electron chi connectivity index (χ1n) is 9.59. The lowest BCUT2D eigenvalue weighted by Gasteiger charge is -2.30. The molecule has 0 unspecified atom stereocenters. The summed E-state index contributed by atoms with van der Waals surface area (Å²) in [6, 6.07) is 11.8. The van der Waals surface area contributed by atoms with E-state index in [1.54, 1.807) is 6.26 Å². The molecule has 7 heteroatoms. The SMILES string of the molecule is Cc1occc1-c1nnc(S[C@@H](C(=O)N2CCCCC2)c2ccccc2)n1C.